The Kier molecular flexibility index (Phi) is 4.45. The smallest absolute Gasteiger partial charge is 0.244 e. The molecule has 19 heavy (non-hydrogen) atoms. The highest BCUT2D eigenvalue weighted by atomic mass is 19.1. The maximum absolute atomic E-state index is 12.9. The van der Waals surface area contributed by atoms with Crippen LogP contribution in [0.3, 0.4) is 0 Å². The highest BCUT2D eigenvalue weighted by molar-refractivity contribution is 5.91. The van der Waals surface area contributed by atoms with Crippen molar-refractivity contribution < 1.29 is 9.18 Å². The molecule has 0 heterocycles. The molecule has 0 unspecified atom stereocenters. The molecule has 0 aromatic heterocycles. The molecule has 0 saturated heterocycles. The van der Waals surface area contributed by atoms with Crippen LogP contribution >= 0.6 is 0 Å². The molecule has 0 atom stereocenters. The lowest BCUT2D eigenvalue weighted by molar-refractivity contribution is -0.116. The summed E-state index contributed by atoms with van der Waals surface area (Å²) in [6.45, 7) is 0.479. The summed E-state index contributed by atoms with van der Waals surface area (Å²) in [6, 6.07) is 15.7. The highest BCUT2D eigenvalue weighted by Crippen LogP contribution is 2.05. The van der Waals surface area contributed by atoms with Gasteiger partial charge in [-0.1, -0.05) is 42.5 Å². The van der Waals surface area contributed by atoms with Gasteiger partial charge < -0.3 is 5.32 Å². The number of carbonyl (C=O) groups is 1. The van der Waals surface area contributed by atoms with Crippen LogP contribution in [0.2, 0.25) is 0 Å². The first-order chi connectivity index (χ1) is 9.24. The van der Waals surface area contributed by atoms with E-state index in [9.17, 15) is 9.18 Å². The zero-order valence-electron chi connectivity index (χ0n) is 10.3. The van der Waals surface area contributed by atoms with E-state index in [1.54, 1.807) is 18.2 Å². The van der Waals surface area contributed by atoms with Crippen LogP contribution in [0, 0.1) is 5.82 Å². The first-order valence-corrected chi connectivity index (χ1v) is 5.99. The summed E-state index contributed by atoms with van der Waals surface area (Å²) >= 11 is 0. The Morgan fingerprint density at radius 1 is 1.11 bits per heavy atom. The van der Waals surface area contributed by atoms with Crippen molar-refractivity contribution in [1.82, 2.24) is 5.32 Å². The van der Waals surface area contributed by atoms with E-state index in [-0.39, 0.29) is 11.7 Å². The van der Waals surface area contributed by atoms with Gasteiger partial charge in [0.25, 0.3) is 0 Å². The van der Waals surface area contributed by atoms with E-state index in [1.807, 2.05) is 30.3 Å². The number of hydrogen-bond acceptors (Lipinski definition) is 1. The van der Waals surface area contributed by atoms with Gasteiger partial charge in [-0.2, -0.15) is 0 Å². The third kappa shape index (κ3) is 4.39. The van der Waals surface area contributed by atoms with Crippen LogP contribution in [0.15, 0.2) is 60.7 Å². The van der Waals surface area contributed by atoms with Gasteiger partial charge >= 0.3 is 0 Å². The van der Waals surface area contributed by atoms with E-state index in [2.05, 4.69) is 5.32 Å². The van der Waals surface area contributed by atoms with Gasteiger partial charge in [-0.25, -0.2) is 4.39 Å². The van der Waals surface area contributed by atoms with E-state index in [4.69, 9.17) is 0 Å². The largest absolute Gasteiger partial charge is 0.348 e. The Labute approximate surface area is 111 Å². The van der Waals surface area contributed by atoms with Gasteiger partial charge in [0, 0.05) is 12.6 Å². The van der Waals surface area contributed by atoms with Crippen molar-refractivity contribution in [2.75, 3.05) is 0 Å². The number of hydrogen-bond donors (Lipinski definition) is 1. The molecule has 1 amide bonds. The van der Waals surface area contributed by atoms with Crippen LogP contribution in [0.5, 0.6) is 0 Å². The topological polar surface area (TPSA) is 29.1 Å². The molecular weight excluding hydrogens is 241 g/mol. The van der Waals surface area contributed by atoms with Crippen LogP contribution < -0.4 is 5.32 Å². The Balaban J connectivity index is 1.88. The zero-order valence-corrected chi connectivity index (χ0v) is 10.3. The summed E-state index contributed by atoms with van der Waals surface area (Å²) in [7, 11) is 0. The Hall–Kier alpha value is -2.42. The molecule has 96 valence electrons. The van der Waals surface area contributed by atoms with Crippen molar-refractivity contribution >= 4 is 12.0 Å². The molecule has 0 radical (unpaired) electrons. The van der Waals surface area contributed by atoms with Crippen LogP contribution in [-0.4, -0.2) is 5.91 Å². The Morgan fingerprint density at radius 3 is 2.63 bits per heavy atom. The normalized spacial score (nSPS) is 10.6. The Morgan fingerprint density at radius 2 is 1.89 bits per heavy atom. The monoisotopic (exact) mass is 255 g/mol. The maximum atomic E-state index is 12.9. The number of benzene rings is 2. The van der Waals surface area contributed by atoms with Crippen molar-refractivity contribution in [3.63, 3.8) is 0 Å². The number of carbonyl (C=O) groups excluding carboxylic acids is 1. The maximum Gasteiger partial charge on any atom is 0.244 e. The van der Waals surface area contributed by atoms with E-state index in [0.29, 0.717) is 12.1 Å². The second-order valence-corrected chi connectivity index (χ2v) is 4.09. The summed E-state index contributed by atoms with van der Waals surface area (Å²) in [5.74, 6) is -0.514. The SMILES string of the molecule is O=C(/C=C/c1cccc(F)c1)NCc1ccccc1. The molecule has 0 aliphatic heterocycles. The summed E-state index contributed by atoms with van der Waals surface area (Å²) in [4.78, 5) is 11.6. The third-order valence-corrected chi connectivity index (χ3v) is 2.59. The van der Waals surface area contributed by atoms with Crippen LogP contribution in [0.4, 0.5) is 4.39 Å². The third-order valence-electron chi connectivity index (χ3n) is 2.59. The molecule has 2 nitrogen and oxygen atoms in total. The van der Waals surface area contributed by atoms with Gasteiger partial charge in [-0.3, -0.25) is 4.79 Å². The molecule has 0 spiro atoms. The highest BCUT2D eigenvalue weighted by Gasteiger charge is 1.96. The van der Waals surface area contributed by atoms with Crippen LogP contribution in [-0.2, 0) is 11.3 Å². The van der Waals surface area contributed by atoms with Gasteiger partial charge in [0.1, 0.15) is 5.82 Å². The quantitative estimate of drug-likeness (QED) is 0.835. The number of halogens is 1. The Bertz CT molecular complexity index is 578. The van der Waals surface area contributed by atoms with Crippen molar-refractivity contribution in [2.45, 2.75) is 6.54 Å². The van der Waals surface area contributed by atoms with Crippen molar-refractivity contribution in [3.8, 4) is 0 Å². The van der Waals surface area contributed by atoms with Gasteiger partial charge in [0.05, 0.1) is 0 Å². The van der Waals surface area contributed by atoms with Gasteiger partial charge in [0.2, 0.25) is 5.91 Å². The fourth-order valence-electron chi connectivity index (χ4n) is 1.63. The number of amides is 1. The van der Waals surface area contributed by atoms with Gasteiger partial charge in [-0.05, 0) is 29.3 Å². The fraction of sp³-hybridized carbons (Fsp3) is 0.0625. The molecule has 0 aliphatic carbocycles. The lowest BCUT2D eigenvalue weighted by Crippen LogP contribution is -2.20. The number of nitrogens with one attached hydrogen (secondary N) is 1. The average molecular weight is 255 g/mol. The lowest BCUT2D eigenvalue weighted by atomic mass is 10.2. The first-order valence-electron chi connectivity index (χ1n) is 5.99. The van der Waals surface area contributed by atoms with Gasteiger partial charge in [-0.15, -0.1) is 0 Å². The molecular formula is C16H14FNO. The minimum absolute atomic E-state index is 0.201. The molecule has 0 bridgehead atoms. The molecule has 0 saturated carbocycles. The van der Waals surface area contributed by atoms with E-state index < -0.39 is 0 Å². The predicted octanol–water partition coefficient (Wildman–Crippen LogP) is 3.16. The first kappa shape index (κ1) is 13.0. The standard InChI is InChI=1S/C16H14FNO/c17-15-8-4-7-13(11-15)9-10-16(19)18-12-14-5-2-1-3-6-14/h1-11H,12H2,(H,18,19)/b10-9+. The average Bonchev–Trinajstić information content (AvgIpc) is 2.44. The second-order valence-electron chi connectivity index (χ2n) is 4.09. The molecule has 0 aliphatic rings. The minimum Gasteiger partial charge on any atom is -0.348 e. The molecule has 0 fully saturated rings. The molecule has 2 rings (SSSR count). The summed E-state index contributed by atoms with van der Waals surface area (Å²) in [6.07, 6.45) is 2.99. The summed E-state index contributed by atoms with van der Waals surface area (Å²) < 4.78 is 12.9. The lowest BCUT2D eigenvalue weighted by Gasteiger charge is -2.01. The molecule has 1 N–H and O–H groups in total. The summed E-state index contributed by atoms with van der Waals surface area (Å²) in [5.41, 5.74) is 1.70. The molecule has 3 heteroatoms. The van der Waals surface area contributed by atoms with Crippen molar-refractivity contribution in [1.29, 1.82) is 0 Å². The summed E-state index contributed by atoms with van der Waals surface area (Å²) in [5, 5.41) is 2.76. The van der Waals surface area contributed by atoms with Crippen LogP contribution in [0.1, 0.15) is 11.1 Å². The van der Waals surface area contributed by atoms with Crippen molar-refractivity contribution in [2.24, 2.45) is 0 Å². The zero-order chi connectivity index (χ0) is 13.5. The molecule has 2 aromatic carbocycles. The van der Waals surface area contributed by atoms with E-state index >= 15 is 0 Å². The van der Waals surface area contributed by atoms with E-state index in [0.717, 1.165) is 5.56 Å². The molecule has 2 aromatic rings. The van der Waals surface area contributed by atoms with Gasteiger partial charge in [0.15, 0.2) is 0 Å². The minimum atomic E-state index is -0.313. The van der Waals surface area contributed by atoms with Crippen molar-refractivity contribution in [3.05, 3.63) is 77.6 Å². The number of rotatable bonds is 4. The second kappa shape index (κ2) is 6.50. The van der Waals surface area contributed by atoms with Crippen LogP contribution in [0.25, 0.3) is 6.08 Å². The predicted molar refractivity (Wildman–Crippen MR) is 73.7 cm³/mol. The van der Waals surface area contributed by atoms with E-state index in [1.165, 1.54) is 18.2 Å². The fourth-order valence-corrected chi connectivity index (χ4v) is 1.63.